The van der Waals surface area contributed by atoms with Crippen molar-refractivity contribution in [2.24, 2.45) is 5.41 Å². The van der Waals surface area contributed by atoms with Gasteiger partial charge in [-0.05, 0) is 19.8 Å². The highest BCUT2D eigenvalue weighted by Crippen LogP contribution is 2.53. The Morgan fingerprint density at radius 3 is 2.00 bits per heavy atom. The maximum atomic E-state index is 10.6. The van der Waals surface area contributed by atoms with Gasteiger partial charge in [0.15, 0.2) is 0 Å². The molecule has 1 fully saturated rings. The number of carboxylic acids is 1. The van der Waals surface area contributed by atoms with Gasteiger partial charge in [-0.1, -0.05) is 29.5 Å². The molecule has 0 aliphatic heterocycles. The van der Waals surface area contributed by atoms with Gasteiger partial charge in [0.1, 0.15) is 0 Å². The average Bonchev–Trinajstić information content (AvgIpc) is 1.59. The van der Waals surface area contributed by atoms with Gasteiger partial charge in [0.2, 0.25) is 0 Å². The molecule has 1 aliphatic carbocycles. The van der Waals surface area contributed by atoms with Gasteiger partial charge < -0.3 is 5.11 Å². The number of carboxylic acid groups (broad SMARTS) is 1. The molecule has 0 radical (unpaired) electrons. The van der Waals surface area contributed by atoms with Gasteiger partial charge in [-0.2, -0.15) is 0 Å². The summed E-state index contributed by atoms with van der Waals surface area (Å²) in [5, 5.41) is 8.72. The largest absolute Gasteiger partial charge is 0.481 e. The first kappa shape index (κ1) is 8.30. The quantitative estimate of drug-likeness (QED) is 0.574. The summed E-state index contributed by atoms with van der Waals surface area (Å²) in [5.74, 6) is -0.651. The van der Waals surface area contributed by atoms with E-state index in [1.165, 1.54) is 0 Å². The smallest absolute Gasteiger partial charge is 0.309 e. The van der Waals surface area contributed by atoms with Crippen LogP contribution in [0, 0.1) is 5.41 Å². The van der Waals surface area contributed by atoms with Gasteiger partial charge in [-0.15, -0.1) is 0 Å². The van der Waals surface area contributed by atoms with Gasteiger partial charge in [0.25, 0.3) is 0 Å². The summed E-state index contributed by atoms with van der Waals surface area (Å²) in [6.45, 7) is 3.91. The number of alkyl halides is 1. The second-order valence-corrected chi connectivity index (χ2v) is 6.24. The molecule has 0 saturated heterocycles. The second-order valence-electron chi connectivity index (χ2n) is 3.63. The molecule has 1 N–H and O–H groups in total. The molecule has 0 unspecified atom stereocenters. The third-order valence-electron chi connectivity index (χ3n) is 2.03. The lowest BCUT2D eigenvalue weighted by molar-refractivity contribution is -0.154. The van der Waals surface area contributed by atoms with Crippen LogP contribution in [-0.2, 0) is 4.79 Å². The van der Waals surface area contributed by atoms with E-state index in [1.807, 2.05) is 6.92 Å². The molecule has 0 aromatic heterocycles. The van der Waals surface area contributed by atoms with E-state index in [0.717, 1.165) is 12.8 Å². The molecular weight excluding hydrogens is 243 g/mol. The van der Waals surface area contributed by atoms with Crippen molar-refractivity contribution in [2.45, 2.75) is 30.1 Å². The highest BCUT2D eigenvalue weighted by atomic mass is 127. The number of rotatable bonds is 1. The lowest BCUT2D eigenvalue weighted by atomic mass is 9.64. The molecule has 2 nitrogen and oxygen atoms in total. The first-order chi connectivity index (χ1) is 4.36. The van der Waals surface area contributed by atoms with Crippen molar-refractivity contribution in [2.75, 3.05) is 0 Å². The van der Waals surface area contributed by atoms with Crippen LogP contribution in [0.25, 0.3) is 0 Å². The van der Waals surface area contributed by atoms with E-state index in [4.69, 9.17) is 5.11 Å². The first-order valence-corrected chi connectivity index (χ1v) is 4.36. The van der Waals surface area contributed by atoms with Crippen molar-refractivity contribution in [3.05, 3.63) is 0 Å². The molecule has 0 atom stereocenters. The van der Waals surface area contributed by atoms with Crippen LogP contribution in [0.2, 0.25) is 0 Å². The summed E-state index contributed by atoms with van der Waals surface area (Å²) in [6.07, 6.45) is 1.60. The molecule has 58 valence electrons. The zero-order valence-electron chi connectivity index (χ0n) is 6.15. The third kappa shape index (κ3) is 1.28. The van der Waals surface area contributed by atoms with Crippen LogP contribution in [0.3, 0.4) is 0 Å². The summed E-state index contributed by atoms with van der Waals surface area (Å²) >= 11 is 2.32. The number of halogens is 1. The van der Waals surface area contributed by atoms with Crippen LogP contribution >= 0.6 is 22.6 Å². The molecule has 0 aromatic rings. The fourth-order valence-electron chi connectivity index (χ4n) is 1.73. The Labute approximate surface area is 74.1 Å². The van der Waals surface area contributed by atoms with E-state index in [9.17, 15) is 4.79 Å². The fourth-order valence-corrected chi connectivity index (χ4v) is 3.41. The minimum Gasteiger partial charge on any atom is -0.481 e. The van der Waals surface area contributed by atoms with Gasteiger partial charge >= 0.3 is 5.97 Å². The normalized spacial score (nSPS) is 46.3. The van der Waals surface area contributed by atoms with Crippen LogP contribution in [0.5, 0.6) is 0 Å². The minimum absolute atomic E-state index is 0.227. The van der Waals surface area contributed by atoms with Crippen LogP contribution in [0.1, 0.15) is 26.7 Å². The van der Waals surface area contributed by atoms with Gasteiger partial charge in [0, 0.05) is 3.42 Å². The highest BCUT2D eigenvalue weighted by molar-refractivity contribution is 14.1. The third-order valence-corrected chi connectivity index (χ3v) is 2.80. The van der Waals surface area contributed by atoms with Crippen LogP contribution in [0.4, 0.5) is 0 Å². The van der Waals surface area contributed by atoms with Gasteiger partial charge in [0.05, 0.1) is 5.41 Å². The first-order valence-electron chi connectivity index (χ1n) is 3.28. The maximum absolute atomic E-state index is 10.6. The lowest BCUT2D eigenvalue weighted by Gasteiger charge is -2.46. The summed E-state index contributed by atoms with van der Waals surface area (Å²) in [5.41, 5.74) is -0.435. The summed E-state index contributed by atoms with van der Waals surface area (Å²) < 4.78 is 0.227. The fraction of sp³-hybridized carbons (Fsp3) is 0.857. The van der Waals surface area contributed by atoms with Gasteiger partial charge in [-0.25, -0.2) is 0 Å². The monoisotopic (exact) mass is 254 g/mol. The summed E-state index contributed by atoms with van der Waals surface area (Å²) in [6, 6.07) is 0. The summed E-state index contributed by atoms with van der Waals surface area (Å²) in [7, 11) is 0. The molecule has 1 aliphatic rings. The van der Waals surface area contributed by atoms with Crippen molar-refractivity contribution in [3.8, 4) is 0 Å². The van der Waals surface area contributed by atoms with Crippen molar-refractivity contribution in [1.82, 2.24) is 0 Å². The Kier molecular flexibility index (Phi) is 1.74. The zero-order chi connectivity index (χ0) is 7.99. The van der Waals surface area contributed by atoms with E-state index in [1.54, 1.807) is 0 Å². The van der Waals surface area contributed by atoms with E-state index in [0.29, 0.717) is 0 Å². The van der Waals surface area contributed by atoms with Crippen LogP contribution < -0.4 is 0 Å². The molecule has 0 aromatic carbocycles. The number of hydrogen-bond donors (Lipinski definition) is 1. The van der Waals surface area contributed by atoms with Crippen LogP contribution in [-0.4, -0.2) is 14.5 Å². The van der Waals surface area contributed by atoms with Gasteiger partial charge in [-0.3, -0.25) is 4.79 Å². The number of aliphatic carboxylic acids is 1. The molecular formula is C7H11IO2. The molecule has 1 rings (SSSR count). The predicted molar refractivity (Wildman–Crippen MR) is 47.4 cm³/mol. The molecule has 1 saturated carbocycles. The predicted octanol–water partition coefficient (Wildman–Crippen LogP) is 2.06. The lowest BCUT2D eigenvalue weighted by Crippen LogP contribution is -2.48. The Bertz CT molecular complexity index is 166. The van der Waals surface area contributed by atoms with Crippen molar-refractivity contribution in [3.63, 3.8) is 0 Å². The molecule has 3 heteroatoms. The Hall–Kier alpha value is 0.200. The molecule has 0 amide bonds. The Balaban J connectivity index is 2.58. The van der Waals surface area contributed by atoms with E-state index < -0.39 is 11.4 Å². The Morgan fingerprint density at radius 1 is 1.50 bits per heavy atom. The highest BCUT2D eigenvalue weighted by Gasteiger charge is 2.52. The molecule has 0 heterocycles. The second kappa shape index (κ2) is 2.09. The van der Waals surface area contributed by atoms with E-state index in [-0.39, 0.29) is 3.42 Å². The molecule has 10 heavy (non-hydrogen) atoms. The standard InChI is InChI=1S/C7H11IO2/c1-6(5(9)10)3-7(2,8)4-6/h3-4H2,1-2H3,(H,9,10). The van der Waals surface area contributed by atoms with E-state index in [2.05, 4.69) is 29.5 Å². The SMILES string of the molecule is CC1(I)CC(C)(C(=O)O)C1. The Morgan fingerprint density at radius 2 is 1.90 bits per heavy atom. The van der Waals surface area contributed by atoms with Crippen molar-refractivity contribution in [1.29, 1.82) is 0 Å². The van der Waals surface area contributed by atoms with Crippen molar-refractivity contribution < 1.29 is 9.90 Å². The minimum atomic E-state index is -0.651. The van der Waals surface area contributed by atoms with Crippen LogP contribution in [0.15, 0.2) is 0 Å². The topological polar surface area (TPSA) is 37.3 Å². The number of carbonyl (C=O) groups is 1. The van der Waals surface area contributed by atoms with E-state index >= 15 is 0 Å². The number of hydrogen-bond acceptors (Lipinski definition) is 1. The maximum Gasteiger partial charge on any atom is 0.309 e. The average molecular weight is 254 g/mol. The zero-order valence-corrected chi connectivity index (χ0v) is 8.31. The summed E-state index contributed by atoms with van der Waals surface area (Å²) in [4.78, 5) is 10.6. The van der Waals surface area contributed by atoms with Crippen molar-refractivity contribution >= 4 is 28.6 Å². The molecule has 0 bridgehead atoms. The molecule has 0 spiro atoms.